The van der Waals surface area contributed by atoms with Gasteiger partial charge in [0, 0.05) is 11.6 Å². The average molecular weight is 323 g/mol. The molecule has 1 amide bonds. The second-order valence-electron chi connectivity index (χ2n) is 3.93. The van der Waals surface area contributed by atoms with E-state index in [1.807, 2.05) is 0 Å². The normalized spacial score (nSPS) is 10.9. The van der Waals surface area contributed by atoms with Crippen LogP contribution >= 0.6 is 23.1 Å². The number of rotatable bonds is 4. The molecular formula is C10H9N7O2S2. The van der Waals surface area contributed by atoms with E-state index in [9.17, 15) is 9.59 Å². The number of nitrogens with one attached hydrogen (secondary N) is 2. The van der Waals surface area contributed by atoms with Crippen molar-refractivity contribution in [1.29, 1.82) is 0 Å². The van der Waals surface area contributed by atoms with E-state index in [0.717, 1.165) is 0 Å². The van der Waals surface area contributed by atoms with E-state index in [4.69, 9.17) is 0 Å². The summed E-state index contributed by atoms with van der Waals surface area (Å²) in [6.45, 7) is 1.59. The molecule has 21 heavy (non-hydrogen) atoms. The molecular weight excluding hydrogens is 314 g/mol. The molecule has 0 aliphatic carbocycles. The maximum absolute atomic E-state index is 11.8. The van der Waals surface area contributed by atoms with Crippen LogP contribution in [0.2, 0.25) is 0 Å². The van der Waals surface area contributed by atoms with E-state index < -0.39 is 0 Å². The molecule has 0 bridgehead atoms. The van der Waals surface area contributed by atoms with E-state index in [1.54, 1.807) is 18.5 Å². The number of H-pyrrole nitrogens is 1. The lowest BCUT2D eigenvalue weighted by Crippen LogP contribution is -2.16. The van der Waals surface area contributed by atoms with Gasteiger partial charge >= 0.3 is 0 Å². The summed E-state index contributed by atoms with van der Waals surface area (Å²) in [6, 6.07) is 0. The average Bonchev–Trinajstić information content (AvgIpc) is 3.07. The van der Waals surface area contributed by atoms with Crippen molar-refractivity contribution in [2.24, 2.45) is 0 Å². The number of aryl methyl sites for hydroxylation is 1. The lowest BCUT2D eigenvalue weighted by molar-refractivity contribution is -0.113. The van der Waals surface area contributed by atoms with Crippen LogP contribution in [0.1, 0.15) is 5.69 Å². The molecule has 0 radical (unpaired) electrons. The highest BCUT2D eigenvalue weighted by atomic mass is 32.2. The number of hydrogen-bond donors (Lipinski definition) is 2. The summed E-state index contributed by atoms with van der Waals surface area (Å²) in [4.78, 5) is 29.7. The molecule has 0 spiro atoms. The second kappa shape index (κ2) is 5.61. The number of thiazole rings is 1. The Labute approximate surface area is 125 Å². The number of carbonyl (C=O) groups excluding carboxylic acids is 1. The highest BCUT2D eigenvalue weighted by molar-refractivity contribution is 7.99. The number of anilines is 1. The molecule has 3 aromatic heterocycles. The maximum Gasteiger partial charge on any atom is 0.273 e. The second-order valence-corrected chi connectivity index (χ2v) is 5.77. The third-order valence-corrected chi connectivity index (χ3v) is 4.03. The van der Waals surface area contributed by atoms with Gasteiger partial charge in [0.05, 0.1) is 5.75 Å². The first-order chi connectivity index (χ1) is 10.1. The molecule has 3 rings (SSSR count). The zero-order chi connectivity index (χ0) is 14.8. The van der Waals surface area contributed by atoms with Crippen LogP contribution in [-0.4, -0.2) is 41.4 Å². The Morgan fingerprint density at radius 2 is 2.38 bits per heavy atom. The third-order valence-electron chi connectivity index (χ3n) is 2.43. The smallest absolute Gasteiger partial charge is 0.273 e. The number of nitrogens with zero attached hydrogens (tertiary/aromatic N) is 5. The summed E-state index contributed by atoms with van der Waals surface area (Å²) in [5, 5.41) is 17.2. The van der Waals surface area contributed by atoms with Crippen molar-refractivity contribution in [2.45, 2.75) is 12.1 Å². The minimum atomic E-state index is -0.312. The fraction of sp³-hybridized carbons (Fsp3) is 0.200. The molecule has 2 N–H and O–H groups in total. The molecule has 0 saturated carbocycles. The van der Waals surface area contributed by atoms with Gasteiger partial charge < -0.3 is 5.32 Å². The van der Waals surface area contributed by atoms with Gasteiger partial charge in [0.1, 0.15) is 5.69 Å². The van der Waals surface area contributed by atoms with Crippen LogP contribution in [0.3, 0.4) is 0 Å². The standard InChI is InChI=1S/C10H9N7O2S2/c1-5-7(19)13-8-14-15-10(17(8)16-5)21-4-6(18)12-9-11-2-3-20-9/h2-3H,4H2,1H3,(H,11,12,18)(H,13,14,19). The van der Waals surface area contributed by atoms with Gasteiger partial charge in [-0.2, -0.15) is 9.61 Å². The van der Waals surface area contributed by atoms with Gasteiger partial charge in [-0.25, -0.2) is 4.98 Å². The Kier molecular flexibility index (Phi) is 3.66. The summed E-state index contributed by atoms with van der Waals surface area (Å²) in [7, 11) is 0. The highest BCUT2D eigenvalue weighted by Gasteiger charge is 2.12. The summed E-state index contributed by atoms with van der Waals surface area (Å²) >= 11 is 2.51. The van der Waals surface area contributed by atoms with Crippen molar-refractivity contribution < 1.29 is 4.79 Å². The predicted molar refractivity (Wildman–Crippen MR) is 77.6 cm³/mol. The molecule has 11 heteroatoms. The van der Waals surface area contributed by atoms with Gasteiger partial charge in [-0.05, 0) is 6.92 Å². The number of amides is 1. The molecule has 3 heterocycles. The molecule has 0 atom stereocenters. The van der Waals surface area contributed by atoms with E-state index in [0.29, 0.717) is 16.0 Å². The van der Waals surface area contributed by atoms with E-state index in [2.05, 4.69) is 30.6 Å². The first-order valence-electron chi connectivity index (χ1n) is 5.78. The zero-order valence-electron chi connectivity index (χ0n) is 10.7. The topological polar surface area (TPSA) is 118 Å². The van der Waals surface area contributed by atoms with Gasteiger partial charge in [-0.3, -0.25) is 14.6 Å². The van der Waals surface area contributed by atoms with Crippen LogP contribution in [0.25, 0.3) is 5.78 Å². The fourth-order valence-corrected chi connectivity index (χ4v) is 2.71. The van der Waals surface area contributed by atoms with Crippen LogP contribution < -0.4 is 10.9 Å². The van der Waals surface area contributed by atoms with Crippen molar-refractivity contribution >= 4 is 39.9 Å². The van der Waals surface area contributed by atoms with Crippen LogP contribution in [0, 0.1) is 6.92 Å². The third kappa shape index (κ3) is 2.92. The molecule has 0 unspecified atom stereocenters. The highest BCUT2D eigenvalue weighted by Crippen LogP contribution is 2.16. The molecule has 3 aromatic rings. The van der Waals surface area contributed by atoms with Gasteiger partial charge in [0.2, 0.25) is 11.1 Å². The van der Waals surface area contributed by atoms with Gasteiger partial charge in [0.25, 0.3) is 11.3 Å². The number of thioether (sulfide) groups is 1. The minimum Gasteiger partial charge on any atom is -0.301 e. The Bertz CT molecular complexity index is 839. The van der Waals surface area contributed by atoms with Gasteiger partial charge in [-0.15, -0.1) is 21.5 Å². The van der Waals surface area contributed by atoms with Gasteiger partial charge in [-0.1, -0.05) is 11.8 Å². The monoisotopic (exact) mass is 323 g/mol. The SMILES string of the molecule is Cc1nn2c(SCC(=O)Nc3nccs3)nnc2[nH]c1=O. The van der Waals surface area contributed by atoms with Crippen LogP contribution in [0.15, 0.2) is 21.5 Å². The van der Waals surface area contributed by atoms with Gasteiger partial charge in [0.15, 0.2) is 5.13 Å². The molecule has 108 valence electrons. The molecule has 0 aliphatic rings. The minimum absolute atomic E-state index is 0.139. The molecule has 0 saturated heterocycles. The lowest BCUT2D eigenvalue weighted by Gasteiger charge is -2.00. The van der Waals surface area contributed by atoms with Crippen molar-refractivity contribution in [3.05, 3.63) is 27.6 Å². The number of hydrogen-bond acceptors (Lipinski definition) is 8. The predicted octanol–water partition coefficient (Wildman–Crippen LogP) is 0.308. The van der Waals surface area contributed by atoms with Crippen LogP contribution in [0.5, 0.6) is 0 Å². The number of aromatic nitrogens is 6. The van der Waals surface area contributed by atoms with Crippen LogP contribution in [-0.2, 0) is 4.79 Å². The quantitative estimate of drug-likeness (QED) is 0.663. The maximum atomic E-state index is 11.8. The van der Waals surface area contributed by atoms with E-state index >= 15 is 0 Å². The summed E-state index contributed by atoms with van der Waals surface area (Å²) in [5.41, 5.74) is -0.00986. The van der Waals surface area contributed by atoms with Crippen molar-refractivity contribution in [1.82, 2.24) is 29.8 Å². The van der Waals surface area contributed by atoms with E-state index in [1.165, 1.54) is 27.6 Å². The number of carbonyl (C=O) groups is 1. The summed E-state index contributed by atoms with van der Waals surface area (Å²) < 4.78 is 1.40. The molecule has 0 aliphatic heterocycles. The fourth-order valence-electron chi connectivity index (χ4n) is 1.48. The van der Waals surface area contributed by atoms with Crippen molar-refractivity contribution in [3.63, 3.8) is 0 Å². The molecule has 0 aromatic carbocycles. The lowest BCUT2D eigenvalue weighted by atomic mass is 10.5. The molecule has 0 fully saturated rings. The van der Waals surface area contributed by atoms with Crippen molar-refractivity contribution in [2.75, 3.05) is 11.1 Å². The number of aromatic amines is 1. The summed E-state index contributed by atoms with van der Waals surface area (Å²) in [6.07, 6.45) is 1.61. The number of fused-ring (bicyclic) bond motifs is 1. The first-order valence-corrected chi connectivity index (χ1v) is 7.64. The Morgan fingerprint density at radius 3 is 3.14 bits per heavy atom. The largest absolute Gasteiger partial charge is 0.301 e. The Balaban J connectivity index is 1.72. The first kappa shape index (κ1) is 13.7. The zero-order valence-corrected chi connectivity index (χ0v) is 12.4. The Hall–Kier alpha value is -2.27. The van der Waals surface area contributed by atoms with Crippen molar-refractivity contribution in [3.8, 4) is 0 Å². The Morgan fingerprint density at radius 1 is 1.52 bits per heavy atom. The summed E-state index contributed by atoms with van der Waals surface area (Å²) in [5.74, 6) is 0.182. The molecule has 9 nitrogen and oxygen atoms in total. The van der Waals surface area contributed by atoms with E-state index in [-0.39, 0.29) is 23.0 Å². The van der Waals surface area contributed by atoms with Crippen LogP contribution in [0.4, 0.5) is 5.13 Å².